The minimum atomic E-state index is -0.562. The molecule has 9 heteroatoms. The number of nitrogens with zero attached hydrogens (tertiary/aromatic N) is 1. The molecule has 1 aromatic heterocycles. The molecule has 138 valence electrons. The first-order chi connectivity index (χ1) is 12.4. The Labute approximate surface area is 154 Å². The Morgan fingerprint density at radius 3 is 2.85 bits per heavy atom. The van der Waals surface area contributed by atoms with Crippen molar-refractivity contribution < 1.29 is 19.1 Å². The largest absolute Gasteiger partial charge is 0.493 e. The Morgan fingerprint density at radius 1 is 1.38 bits per heavy atom. The number of fused-ring (bicyclic) bond motifs is 1. The number of nitrogens with one attached hydrogen (secondary N) is 2. The number of thioether (sulfide) groups is 1. The van der Waals surface area contributed by atoms with E-state index in [1.807, 2.05) is 26.0 Å². The average Bonchev–Trinajstić information content (AvgIpc) is 2.91. The van der Waals surface area contributed by atoms with Crippen molar-refractivity contribution in [2.24, 2.45) is 5.73 Å². The van der Waals surface area contributed by atoms with E-state index >= 15 is 0 Å². The van der Waals surface area contributed by atoms with Gasteiger partial charge >= 0.3 is 0 Å². The van der Waals surface area contributed by atoms with E-state index in [1.54, 1.807) is 6.07 Å². The molecule has 2 aromatic rings. The van der Waals surface area contributed by atoms with Crippen molar-refractivity contribution in [3.63, 3.8) is 0 Å². The smallest absolute Gasteiger partial charge is 0.255 e. The summed E-state index contributed by atoms with van der Waals surface area (Å²) in [5.74, 6) is 0.817. The van der Waals surface area contributed by atoms with Gasteiger partial charge in [-0.2, -0.15) is 5.10 Å². The van der Waals surface area contributed by atoms with Crippen LogP contribution in [0, 0.1) is 6.92 Å². The second-order valence-electron chi connectivity index (χ2n) is 5.92. The summed E-state index contributed by atoms with van der Waals surface area (Å²) in [5.41, 5.74) is 7.88. The minimum absolute atomic E-state index is 0.0846. The molecule has 0 saturated carbocycles. The number of aromatic nitrogens is 2. The first-order valence-corrected chi connectivity index (χ1v) is 8.95. The van der Waals surface area contributed by atoms with E-state index in [4.69, 9.17) is 15.2 Å². The molecule has 26 heavy (non-hydrogen) atoms. The lowest BCUT2D eigenvalue weighted by Gasteiger charge is -2.19. The van der Waals surface area contributed by atoms with E-state index < -0.39 is 5.91 Å². The van der Waals surface area contributed by atoms with Crippen LogP contribution >= 0.6 is 11.8 Å². The van der Waals surface area contributed by atoms with Crippen molar-refractivity contribution in [2.45, 2.75) is 24.3 Å². The van der Waals surface area contributed by atoms with Gasteiger partial charge in [0, 0.05) is 11.3 Å². The molecule has 8 nitrogen and oxygen atoms in total. The number of rotatable bonds is 5. The molecule has 0 unspecified atom stereocenters. The maximum absolute atomic E-state index is 12.2. The zero-order chi connectivity index (χ0) is 18.8. The minimum Gasteiger partial charge on any atom is -0.493 e. The first-order valence-electron chi connectivity index (χ1n) is 8.01. The molecule has 1 aliphatic rings. The Bertz CT molecular complexity index is 851. The molecule has 2 atom stereocenters. The average molecular weight is 376 g/mol. The molecule has 0 fully saturated rings. The summed E-state index contributed by atoms with van der Waals surface area (Å²) in [6, 6.07) is 5.46. The standard InChI is InChI=1S/C17H20N4O4S/c1-8-14-15(26-9(2)17(23)19-16(14)21-20-8)10-4-5-11(12(6-10)24-3)25-7-13(18)22/h4-6,9,15H,7H2,1-3H3,(H2,18,22)(H2,19,20,21,23)/t9-,15+/m1/s1. The second-order valence-corrected chi connectivity index (χ2v) is 7.37. The number of aryl methyl sites for hydroxylation is 1. The van der Waals surface area contributed by atoms with Gasteiger partial charge in [0.2, 0.25) is 5.91 Å². The number of carbonyl (C=O) groups excluding carboxylic acids is 2. The van der Waals surface area contributed by atoms with Crippen LogP contribution in [-0.2, 0) is 9.59 Å². The van der Waals surface area contributed by atoms with Gasteiger partial charge in [-0.15, -0.1) is 11.8 Å². The summed E-state index contributed by atoms with van der Waals surface area (Å²) in [5, 5.41) is 9.63. The molecule has 1 aromatic carbocycles. The van der Waals surface area contributed by atoms with Gasteiger partial charge in [0.25, 0.3) is 5.91 Å². The monoisotopic (exact) mass is 376 g/mol. The molecular weight excluding hydrogens is 356 g/mol. The van der Waals surface area contributed by atoms with Crippen molar-refractivity contribution in [3.8, 4) is 11.5 Å². The van der Waals surface area contributed by atoms with Gasteiger partial charge in [-0.3, -0.25) is 14.7 Å². The third kappa shape index (κ3) is 3.48. The van der Waals surface area contributed by atoms with Crippen LogP contribution in [0.2, 0.25) is 0 Å². The van der Waals surface area contributed by atoms with Crippen LogP contribution in [0.15, 0.2) is 18.2 Å². The highest BCUT2D eigenvalue weighted by Gasteiger charge is 2.32. The molecule has 2 heterocycles. The normalized spacial score (nSPS) is 19.3. The summed E-state index contributed by atoms with van der Waals surface area (Å²) in [6.45, 7) is 3.55. The van der Waals surface area contributed by atoms with E-state index in [1.165, 1.54) is 18.9 Å². The number of carbonyl (C=O) groups is 2. The molecule has 0 aliphatic carbocycles. The second kappa shape index (κ2) is 7.28. The zero-order valence-electron chi connectivity index (χ0n) is 14.7. The van der Waals surface area contributed by atoms with Crippen LogP contribution in [0.5, 0.6) is 11.5 Å². The van der Waals surface area contributed by atoms with Gasteiger partial charge in [-0.05, 0) is 31.5 Å². The molecule has 4 N–H and O–H groups in total. The molecule has 0 spiro atoms. The van der Waals surface area contributed by atoms with Crippen LogP contribution in [-0.4, -0.2) is 41.0 Å². The Kier molecular flexibility index (Phi) is 5.08. The molecule has 3 rings (SSSR count). The molecule has 0 saturated heterocycles. The Balaban J connectivity index is 2.00. The van der Waals surface area contributed by atoms with Crippen molar-refractivity contribution in [1.29, 1.82) is 0 Å². The number of ether oxygens (including phenoxy) is 2. The molecule has 0 bridgehead atoms. The van der Waals surface area contributed by atoms with Crippen molar-refractivity contribution in [1.82, 2.24) is 10.2 Å². The van der Waals surface area contributed by atoms with Crippen LogP contribution < -0.4 is 20.5 Å². The van der Waals surface area contributed by atoms with Crippen LogP contribution in [0.25, 0.3) is 0 Å². The fourth-order valence-electron chi connectivity index (χ4n) is 2.77. The van der Waals surface area contributed by atoms with Crippen molar-refractivity contribution in [3.05, 3.63) is 35.0 Å². The molecule has 0 radical (unpaired) electrons. The lowest BCUT2D eigenvalue weighted by molar-refractivity contribution is -0.120. The quantitative estimate of drug-likeness (QED) is 0.731. The number of aromatic amines is 1. The van der Waals surface area contributed by atoms with E-state index in [0.29, 0.717) is 17.3 Å². The van der Waals surface area contributed by atoms with E-state index in [0.717, 1.165) is 16.8 Å². The summed E-state index contributed by atoms with van der Waals surface area (Å²) < 4.78 is 10.8. The Morgan fingerprint density at radius 2 is 2.15 bits per heavy atom. The van der Waals surface area contributed by atoms with Crippen molar-refractivity contribution in [2.75, 3.05) is 19.0 Å². The Hall–Kier alpha value is -2.68. The van der Waals surface area contributed by atoms with Gasteiger partial charge < -0.3 is 20.5 Å². The van der Waals surface area contributed by atoms with Crippen LogP contribution in [0.4, 0.5) is 5.82 Å². The highest BCUT2D eigenvalue weighted by Crippen LogP contribution is 2.46. The first kappa shape index (κ1) is 18.1. The maximum atomic E-state index is 12.2. The van der Waals surface area contributed by atoms with Crippen molar-refractivity contribution >= 4 is 29.4 Å². The number of primary amides is 1. The third-order valence-corrected chi connectivity index (χ3v) is 5.47. The number of anilines is 1. The maximum Gasteiger partial charge on any atom is 0.255 e. The number of nitrogens with two attached hydrogens (primary N) is 1. The summed E-state index contributed by atoms with van der Waals surface area (Å²) in [6.07, 6.45) is 0. The third-order valence-electron chi connectivity index (χ3n) is 4.07. The van der Waals surface area contributed by atoms with Crippen LogP contribution in [0.1, 0.15) is 29.0 Å². The zero-order valence-corrected chi connectivity index (χ0v) is 15.5. The molecule has 1 aliphatic heterocycles. The lowest BCUT2D eigenvalue weighted by atomic mass is 10.0. The molecular formula is C17H20N4O4S. The lowest BCUT2D eigenvalue weighted by Crippen LogP contribution is -2.21. The van der Waals surface area contributed by atoms with Crippen LogP contribution in [0.3, 0.4) is 0 Å². The van der Waals surface area contributed by atoms with E-state index in [9.17, 15) is 9.59 Å². The number of hydrogen-bond acceptors (Lipinski definition) is 6. The van der Waals surface area contributed by atoms with E-state index in [2.05, 4.69) is 15.5 Å². The van der Waals surface area contributed by atoms with Gasteiger partial charge in [0.1, 0.15) is 0 Å². The summed E-state index contributed by atoms with van der Waals surface area (Å²) >= 11 is 1.53. The van der Waals surface area contributed by atoms with Gasteiger partial charge in [0.15, 0.2) is 23.9 Å². The number of methoxy groups -OCH3 is 1. The number of amides is 2. The van der Waals surface area contributed by atoms with E-state index in [-0.39, 0.29) is 23.0 Å². The highest BCUT2D eigenvalue weighted by atomic mass is 32.2. The SMILES string of the molecule is COc1cc([C@@H]2S[C@H](C)C(=O)Nc3n[nH]c(C)c32)ccc1OCC(N)=O. The predicted molar refractivity (Wildman–Crippen MR) is 98.5 cm³/mol. The summed E-state index contributed by atoms with van der Waals surface area (Å²) in [7, 11) is 1.53. The number of benzene rings is 1. The highest BCUT2D eigenvalue weighted by molar-refractivity contribution is 8.01. The molecule has 2 amide bonds. The predicted octanol–water partition coefficient (Wildman–Crippen LogP) is 1.75. The summed E-state index contributed by atoms with van der Waals surface area (Å²) in [4.78, 5) is 23.2. The van der Waals surface area contributed by atoms with Gasteiger partial charge in [-0.25, -0.2) is 0 Å². The number of H-pyrrole nitrogens is 1. The topological polar surface area (TPSA) is 119 Å². The fourth-order valence-corrected chi connectivity index (χ4v) is 4.09. The van der Waals surface area contributed by atoms with Gasteiger partial charge in [0.05, 0.1) is 17.6 Å². The number of hydrogen-bond donors (Lipinski definition) is 3. The fraction of sp³-hybridized carbons (Fsp3) is 0.353. The van der Waals surface area contributed by atoms with Gasteiger partial charge in [-0.1, -0.05) is 6.07 Å².